The van der Waals surface area contributed by atoms with E-state index in [0.717, 1.165) is 70.6 Å². The van der Waals surface area contributed by atoms with Crippen LogP contribution in [0.2, 0.25) is 0 Å². The van der Waals surface area contributed by atoms with Gasteiger partial charge in [0.25, 0.3) is 0 Å². The number of nitrogens with zero attached hydrogens (tertiary/aromatic N) is 1. The van der Waals surface area contributed by atoms with Gasteiger partial charge in [0.1, 0.15) is 12.6 Å². The largest absolute Gasteiger partial charge is 0.544 e. The SMILES string of the molecule is CC/C=C/C=C/C=C/C=C/C=C/C=C/CCCCCC(=O)OC(COCCC(C(=O)[O-])[N+](C)(C)C)COC(=O)CCCCCCC/C=C/C=C/C=C/C=C/CCCCC. The van der Waals surface area contributed by atoms with Crippen LogP contribution in [0.4, 0.5) is 0 Å². The van der Waals surface area contributed by atoms with Crippen molar-refractivity contribution in [2.24, 2.45) is 0 Å². The fourth-order valence-electron chi connectivity index (χ4n) is 5.64. The predicted octanol–water partition coefficient (Wildman–Crippen LogP) is 10.9. The van der Waals surface area contributed by atoms with Crippen LogP contribution in [-0.4, -0.2) is 75.5 Å². The Morgan fingerprint density at radius 1 is 0.525 bits per heavy atom. The third-order valence-electron chi connectivity index (χ3n) is 9.09. The Hall–Kier alpha value is -4.27. The highest BCUT2D eigenvalue weighted by Crippen LogP contribution is 2.12. The van der Waals surface area contributed by atoms with Gasteiger partial charge in [-0.3, -0.25) is 9.59 Å². The van der Waals surface area contributed by atoms with E-state index in [1.165, 1.54) is 19.3 Å². The van der Waals surface area contributed by atoms with E-state index in [-0.39, 0.29) is 49.1 Å². The van der Waals surface area contributed by atoms with Crippen molar-refractivity contribution in [3.05, 3.63) is 122 Å². The molecule has 8 nitrogen and oxygen atoms in total. The Morgan fingerprint density at radius 3 is 1.42 bits per heavy atom. The number of unbranched alkanes of at least 4 members (excludes halogenated alkanes) is 11. The Morgan fingerprint density at radius 2 is 0.949 bits per heavy atom. The highest BCUT2D eigenvalue weighted by atomic mass is 16.6. The Kier molecular flexibility index (Phi) is 37.6. The van der Waals surface area contributed by atoms with Crippen molar-refractivity contribution in [2.75, 3.05) is 41.0 Å². The smallest absolute Gasteiger partial charge is 0.306 e. The standard InChI is InChI=1S/C51H79NO7/c1-6-8-10-12-14-16-18-20-22-24-26-27-29-31-33-35-37-39-41-49(53)58-46-47(45-57-44-43-48(51(55)56)52(3,4)5)59-50(54)42-40-38-36-34-32-30-28-25-23-21-19-17-15-13-11-9-7-2/h9,11,13-28,30,32,47-48H,6-8,10,12,29,31,33-46H2,1-5H3/b11-9+,15-13+,16-14+,19-17+,20-18+,23-21+,24-22+,27-26+,28-25+,32-30+. The third kappa shape index (κ3) is 39.0. The van der Waals surface area contributed by atoms with E-state index >= 15 is 0 Å². The van der Waals surface area contributed by atoms with Gasteiger partial charge >= 0.3 is 11.9 Å². The summed E-state index contributed by atoms with van der Waals surface area (Å²) in [5.41, 5.74) is 0. The number of carboxylic acids is 1. The van der Waals surface area contributed by atoms with Crippen LogP contribution in [-0.2, 0) is 28.6 Å². The maximum absolute atomic E-state index is 12.7. The van der Waals surface area contributed by atoms with Gasteiger partial charge in [-0.05, 0) is 57.8 Å². The molecule has 330 valence electrons. The summed E-state index contributed by atoms with van der Waals surface area (Å²) in [7, 11) is 5.36. The van der Waals surface area contributed by atoms with Crippen LogP contribution >= 0.6 is 0 Å². The molecule has 0 aliphatic heterocycles. The molecule has 2 unspecified atom stereocenters. The second-order valence-corrected chi connectivity index (χ2v) is 15.4. The Balaban J connectivity index is 4.53. The lowest BCUT2D eigenvalue weighted by atomic mass is 10.1. The molecule has 0 radical (unpaired) electrons. The van der Waals surface area contributed by atoms with Crippen molar-refractivity contribution in [2.45, 2.75) is 142 Å². The molecule has 0 bridgehead atoms. The summed E-state index contributed by atoms with van der Waals surface area (Å²) in [6.45, 7) is 4.37. The molecule has 0 saturated carbocycles. The second-order valence-electron chi connectivity index (χ2n) is 15.4. The maximum atomic E-state index is 12.7. The number of aliphatic carboxylic acids is 1. The lowest BCUT2D eigenvalue weighted by Gasteiger charge is -2.34. The van der Waals surface area contributed by atoms with Crippen molar-refractivity contribution in [3.8, 4) is 0 Å². The van der Waals surface area contributed by atoms with Gasteiger partial charge in [-0.1, -0.05) is 174 Å². The number of esters is 2. The van der Waals surface area contributed by atoms with Gasteiger partial charge in [0, 0.05) is 19.3 Å². The molecule has 0 aromatic rings. The van der Waals surface area contributed by atoms with Gasteiger partial charge in [-0.25, -0.2) is 0 Å². The minimum Gasteiger partial charge on any atom is -0.544 e. The fourth-order valence-corrected chi connectivity index (χ4v) is 5.64. The summed E-state index contributed by atoms with van der Waals surface area (Å²) in [6.07, 6.45) is 56.4. The number of quaternary nitrogens is 1. The molecule has 0 N–H and O–H groups in total. The average molecular weight is 818 g/mol. The number of ether oxygens (including phenoxy) is 3. The second kappa shape index (κ2) is 40.5. The number of carbonyl (C=O) groups is 3. The molecule has 0 heterocycles. The van der Waals surface area contributed by atoms with Crippen molar-refractivity contribution in [1.82, 2.24) is 0 Å². The average Bonchev–Trinajstić information content (AvgIpc) is 3.19. The molecular formula is C51H79NO7. The van der Waals surface area contributed by atoms with E-state index in [0.29, 0.717) is 12.8 Å². The summed E-state index contributed by atoms with van der Waals surface area (Å²) >= 11 is 0. The first-order valence-corrected chi connectivity index (χ1v) is 22.2. The van der Waals surface area contributed by atoms with Gasteiger partial charge in [0.2, 0.25) is 0 Å². The van der Waals surface area contributed by atoms with Crippen LogP contribution in [0.5, 0.6) is 0 Å². The number of rotatable bonds is 37. The van der Waals surface area contributed by atoms with E-state index in [1.807, 2.05) is 72.9 Å². The number of hydrogen-bond donors (Lipinski definition) is 0. The zero-order chi connectivity index (χ0) is 43.5. The van der Waals surface area contributed by atoms with Crippen LogP contribution in [0.3, 0.4) is 0 Å². The molecule has 0 aliphatic rings. The van der Waals surface area contributed by atoms with Crippen LogP contribution in [0.1, 0.15) is 129 Å². The van der Waals surface area contributed by atoms with Gasteiger partial charge in [-0.15, -0.1) is 0 Å². The molecule has 0 saturated heterocycles. The summed E-state index contributed by atoms with van der Waals surface area (Å²) in [5.74, 6) is -1.84. The quantitative estimate of drug-likeness (QED) is 0.0266. The molecular weight excluding hydrogens is 739 g/mol. The third-order valence-corrected chi connectivity index (χ3v) is 9.09. The van der Waals surface area contributed by atoms with Crippen LogP contribution in [0.15, 0.2) is 122 Å². The van der Waals surface area contributed by atoms with E-state index in [1.54, 1.807) is 21.1 Å². The summed E-state index contributed by atoms with van der Waals surface area (Å²) < 4.78 is 17.1. The normalized spacial score (nSPS) is 14.1. The first-order valence-electron chi connectivity index (χ1n) is 22.2. The van der Waals surface area contributed by atoms with Crippen molar-refractivity contribution < 1.29 is 38.2 Å². The van der Waals surface area contributed by atoms with Crippen LogP contribution < -0.4 is 5.11 Å². The van der Waals surface area contributed by atoms with E-state index < -0.39 is 18.1 Å². The lowest BCUT2D eigenvalue weighted by molar-refractivity contribution is -0.889. The molecule has 0 aromatic carbocycles. The summed E-state index contributed by atoms with van der Waals surface area (Å²) in [5, 5.41) is 11.6. The van der Waals surface area contributed by atoms with Gasteiger partial charge in [0.05, 0.1) is 40.3 Å². The number of carbonyl (C=O) groups excluding carboxylic acids is 3. The molecule has 0 amide bonds. The van der Waals surface area contributed by atoms with Gasteiger partial charge in [-0.2, -0.15) is 0 Å². The van der Waals surface area contributed by atoms with E-state index in [2.05, 4.69) is 62.5 Å². The molecule has 59 heavy (non-hydrogen) atoms. The van der Waals surface area contributed by atoms with Crippen molar-refractivity contribution in [3.63, 3.8) is 0 Å². The van der Waals surface area contributed by atoms with Crippen molar-refractivity contribution >= 4 is 17.9 Å². The number of likely N-dealkylation sites (N-methyl/N-ethyl adjacent to an activating group) is 1. The van der Waals surface area contributed by atoms with Gasteiger partial charge < -0.3 is 28.6 Å². The van der Waals surface area contributed by atoms with E-state index in [4.69, 9.17) is 14.2 Å². The first-order chi connectivity index (χ1) is 28.6. The number of allylic oxidation sites excluding steroid dienone is 20. The number of hydrogen-bond acceptors (Lipinski definition) is 7. The molecule has 8 heteroatoms. The first kappa shape index (κ1) is 54.7. The topological polar surface area (TPSA) is 102 Å². The highest BCUT2D eigenvalue weighted by molar-refractivity contribution is 5.70. The molecule has 0 spiro atoms. The Bertz CT molecular complexity index is 1370. The summed E-state index contributed by atoms with van der Waals surface area (Å²) in [6, 6.07) is -0.747. The zero-order valence-electron chi connectivity index (χ0n) is 37.4. The van der Waals surface area contributed by atoms with Crippen LogP contribution in [0, 0.1) is 0 Å². The highest BCUT2D eigenvalue weighted by Gasteiger charge is 2.25. The molecule has 0 aliphatic carbocycles. The molecule has 0 rings (SSSR count). The van der Waals surface area contributed by atoms with Crippen molar-refractivity contribution in [1.29, 1.82) is 0 Å². The molecule has 0 aromatic heterocycles. The maximum Gasteiger partial charge on any atom is 0.306 e. The lowest BCUT2D eigenvalue weighted by Crippen LogP contribution is -2.55. The summed E-state index contributed by atoms with van der Waals surface area (Å²) in [4.78, 5) is 36.9. The number of carboxylic acid groups (broad SMARTS) is 1. The van der Waals surface area contributed by atoms with Gasteiger partial charge in [0.15, 0.2) is 6.10 Å². The fraction of sp³-hybridized carbons (Fsp3) is 0.549. The van der Waals surface area contributed by atoms with E-state index in [9.17, 15) is 19.5 Å². The van der Waals surface area contributed by atoms with Crippen LogP contribution in [0.25, 0.3) is 0 Å². The minimum absolute atomic E-state index is 0.00485. The molecule has 0 fully saturated rings. The Labute approximate surface area is 359 Å². The zero-order valence-corrected chi connectivity index (χ0v) is 37.4. The minimum atomic E-state index is -1.14. The monoisotopic (exact) mass is 818 g/mol. The predicted molar refractivity (Wildman–Crippen MR) is 244 cm³/mol. The molecule has 2 atom stereocenters.